The van der Waals surface area contributed by atoms with Gasteiger partial charge in [-0.2, -0.15) is 0 Å². The van der Waals surface area contributed by atoms with Crippen LogP contribution in [-0.2, 0) is 10.2 Å². The largest absolute Gasteiger partial charge is 0.497 e. The number of methoxy groups -OCH3 is 1. The topological polar surface area (TPSA) is 52.6 Å². The van der Waals surface area contributed by atoms with Gasteiger partial charge in [-0.15, -0.1) is 0 Å². The van der Waals surface area contributed by atoms with Crippen LogP contribution < -0.4 is 9.47 Å². The normalized spacial score (nSPS) is 14.4. The summed E-state index contributed by atoms with van der Waals surface area (Å²) < 4.78 is 10.9. The Kier molecular flexibility index (Phi) is 8.42. The third kappa shape index (κ3) is 6.32. The third-order valence-electron chi connectivity index (χ3n) is 5.98. The molecule has 1 aliphatic carbocycles. The Bertz CT molecular complexity index is 1030. The summed E-state index contributed by atoms with van der Waals surface area (Å²) in [6, 6.07) is 25.6. The Hall–Kier alpha value is -3.40. The second kappa shape index (κ2) is 11.5. The van der Waals surface area contributed by atoms with Crippen molar-refractivity contribution in [2.24, 2.45) is 0 Å². The number of carbonyl (C=O) groups is 2. The molecule has 0 heterocycles. The van der Waals surface area contributed by atoms with Crippen LogP contribution in [-0.4, -0.2) is 18.9 Å². The molecule has 0 N–H and O–H groups in total. The van der Waals surface area contributed by atoms with Gasteiger partial charge < -0.3 is 14.3 Å². The Morgan fingerprint density at radius 1 is 0.697 bits per heavy atom. The van der Waals surface area contributed by atoms with Crippen LogP contribution >= 0.6 is 0 Å². The van der Waals surface area contributed by atoms with E-state index < -0.39 is 0 Å². The van der Waals surface area contributed by atoms with Crippen LogP contribution in [0.2, 0.25) is 0 Å². The first-order valence-corrected chi connectivity index (χ1v) is 11.4. The molecule has 0 saturated heterocycles. The van der Waals surface area contributed by atoms with E-state index >= 15 is 0 Å². The van der Waals surface area contributed by atoms with E-state index in [1.165, 1.54) is 44.2 Å². The van der Waals surface area contributed by atoms with Gasteiger partial charge in [-0.25, -0.2) is 4.79 Å². The molecule has 0 radical (unpaired) electrons. The van der Waals surface area contributed by atoms with Crippen LogP contribution in [0, 0.1) is 0 Å². The number of ether oxygens (including phenoxy) is 2. The molecule has 4 heteroatoms. The van der Waals surface area contributed by atoms with Gasteiger partial charge in [-0.05, 0) is 74.2 Å². The summed E-state index contributed by atoms with van der Waals surface area (Å²) in [5.41, 5.74) is 3.17. The van der Waals surface area contributed by atoms with Crippen molar-refractivity contribution in [3.05, 3.63) is 95.6 Å². The molecule has 0 amide bonds. The molecule has 1 aliphatic rings. The van der Waals surface area contributed by atoms with Crippen molar-refractivity contribution in [3.63, 3.8) is 0 Å². The number of carbonyl (C=O) groups excluding carboxylic acids is 2. The fraction of sp³-hybridized carbons (Fsp3) is 0.310. The summed E-state index contributed by atoms with van der Waals surface area (Å²) in [5.74, 6) is 1.28. The lowest BCUT2D eigenvalue weighted by atomic mass is 9.65. The summed E-state index contributed by atoms with van der Waals surface area (Å²) in [7, 11) is 1.70. The van der Waals surface area contributed by atoms with E-state index in [1.807, 2.05) is 42.5 Å². The minimum Gasteiger partial charge on any atom is -0.497 e. The fourth-order valence-electron chi connectivity index (χ4n) is 4.39. The van der Waals surface area contributed by atoms with E-state index in [1.54, 1.807) is 19.2 Å². The summed E-state index contributed by atoms with van der Waals surface area (Å²) in [6.45, 7) is 3.06. The summed E-state index contributed by atoms with van der Waals surface area (Å²) in [5, 5.41) is 0. The maximum absolute atomic E-state index is 12.3. The van der Waals surface area contributed by atoms with Gasteiger partial charge in [0.2, 0.25) is 0 Å². The molecule has 0 unspecified atom stereocenters. The number of rotatable bonds is 5. The van der Waals surface area contributed by atoms with Crippen molar-refractivity contribution >= 4 is 11.8 Å². The van der Waals surface area contributed by atoms with E-state index in [9.17, 15) is 9.59 Å². The molecule has 4 rings (SSSR count). The molecule has 1 saturated carbocycles. The minimum atomic E-state index is -0.333. The predicted octanol–water partition coefficient (Wildman–Crippen LogP) is 6.76. The van der Waals surface area contributed by atoms with Crippen LogP contribution in [0.1, 0.15) is 67.4 Å². The molecule has 0 aliphatic heterocycles. The SMILES string of the molecule is CC(C)=O.COc1ccc(C2(c3ccc(OC(=O)c4ccccc4)cc3)CCCCC2)cc1. The fourth-order valence-corrected chi connectivity index (χ4v) is 4.39. The lowest BCUT2D eigenvalue weighted by Crippen LogP contribution is -2.30. The second-order valence-electron chi connectivity index (χ2n) is 8.56. The van der Waals surface area contributed by atoms with Crippen molar-refractivity contribution < 1.29 is 19.1 Å². The van der Waals surface area contributed by atoms with Gasteiger partial charge >= 0.3 is 5.97 Å². The first-order valence-electron chi connectivity index (χ1n) is 11.4. The van der Waals surface area contributed by atoms with Gasteiger partial charge in [0.15, 0.2) is 0 Å². The first kappa shape index (κ1) is 24.2. The molecule has 172 valence electrons. The van der Waals surface area contributed by atoms with Gasteiger partial charge in [-0.1, -0.05) is 61.7 Å². The molecule has 4 nitrogen and oxygen atoms in total. The zero-order chi connectivity index (χ0) is 23.7. The number of hydrogen-bond acceptors (Lipinski definition) is 4. The van der Waals surface area contributed by atoms with Gasteiger partial charge in [0.1, 0.15) is 17.3 Å². The van der Waals surface area contributed by atoms with Crippen LogP contribution in [0.25, 0.3) is 0 Å². The van der Waals surface area contributed by atoms with E-state index in [-0.39, 0.29) is 17.2 Å². The highest BCUT2D eigenvalue weighted by Gasteiger charge is 2.35. The lowest BCUT2D eigenvalue weighted by molar-refractivity contribution is -0.115. The number of esters is 1. The van der Waals surface area contributed by atoms with Crippen molar-refractivity contribution in [1.82, 2.24) is 0 Å². The van der Waals surface area contributed by atoms with E-state index in [0.717, 1.165) is 18.6 Å². The Balaban J connectivity index is 0.000000709. The molecule has 0 atom stereocenters. The average molecular weight is 445 g/mol. The predicted molar refractivity (Wildman–Crippen MR) is 131 cm³/mol. The molecular formula is C29H32O4. The standard InChI is InChI=1S/C26H26O3.C3H6O/c1-28-23-14-10-21(11-15-23)26(18-6-3-7-19-26)22-12-16-24(17-13-22)29-25(27)20-8-4-2-5-9-20;1-3(2)4/h2,4-5,8-17H,3,6-7,18-19H2,1H3;1-2H3. The molecule has 0 aromatic heterocycles. The molecule has 3 aromatic carbocycles. The first-order chi connectivity index (χ1) is 15.9. The number of ketones is 1. The van der Waals surface area contributed by atoms with Gasteiger partial charge in [0.25, 0.3) is 0 Å². The number of hydrogen-bond donors (Lipinski definition) is 0. The third-order valence-corrected chi connectivity index (χ3v) is 5.98. The highest BCUT2D eigenvalue weighted by molar-refractivity contribution is 5.90. The summed E-state index contributed by atoms with van der Waals surface area (Å²) >= 11 is 0. The second-order valence-corrected chi connectivity index (χ2v) is 8.56. The Morgan fingerprint density at radius 3 is 1.67 bits per heavy atom. The lowest BCUT2D eigenvalue weighted by Gasteiger charge is -2.38. The van der Waals surface area contributed by atoms with Crippen molar-refractivity contribution in [2.75, 3.05) is 7.11 Å². The monoisotopic (exact) mass is 444 g/mol. The zero-order valence-electron chi connectivity index (χ0n) is 19.7. The van der Waals surface area contributed by atoms with Gasteiger partial charge in [0, 0.05) is 5.41 Å². The maximum Gasteiger partial charge on any atom is 0.343 e. The average Bonchev–Trinajstić information content (AvgIpc) is 2.85. The molecular weight excluding hydrogens is 412 g/mol. The number of benzene rings is 3. The quantitative estimate of drug-likeness (QED) is 0.322. The smallest absolute Gasteiger partial charge is 0.343 e. The minimum absolute atomic E-state index is 0.00644. The molecule has 0 bridgehead atoms. The van der Waals surface area contributed by atoms with Crippen molar-refractivity contribution in [1.29, 1.82) is 0 Å². The van der Waals surface area contributed by atoms with Gasteiger partial charge in [0.05, 0.1) is 12.7 Å². The maximum atomic E-state index is 12.3. The highest BCUT2D eigenvalue weighted by atomic mass is 16.5. The van der Waals surface area contributed by atoms with Crippen molar-refractivity contribution in [2.45, 2.75) is 51.4 Å². The van der Waals surface area contributed by atoms with E-state index in [2.05, 4.69) is 24.3 Å². The highest BCUT2D eigenvalue weighted by Crippen LogP contribution is 2.45. The molecule has 33 heavy (non-hydrogen) atoms. The van der Waals surface area contributed by atoms with Crippen LogP contribution in [0.5, 0.6) is 11.5 Å². The van der Waals surface area contributed by atoms with Gasteiger partial charge in [-0.3, -0.25) is 0 Å². The molecule has 1 fully saturated rings. The van der Waals surface area contributed by atoms with E-state index in [0.29, 0.717) is 11.3 Å². The van der Waals surface area contributed by atoms with Crippen LogP contribution in [0.15, 0.2) is 78.9 Å². The van der Waals surface area contributed by atoms with Crippen LogP contribution in [0.4, 0.5) is 0 Å². The van der Waals surface area contributed by atoms with E-state index in [4.69, 9.17) is 9.47 Å². The summed E-state index contributed by atoms with van der Waals surface area (Å²) in [4.78, 5) is 21.8. The molecule has 3 aromatic rings. The Morgan fingerprint density at radius 2 is 1.18 bits per heavy atom. The Labute approximate surface area is 196 Å². The molecule has 0 spiro atoms. The van der Waals surface area contributed by atoms with Crippen molar-refractivity contribution in [3.8, 4) is 11.5 Å². The number of Topliss-reactive ketones (excluding diaryl/α,β-unsaturated/α-hetero) is 1. The van der Waals surface area contributed by atoms with Crippen LogP contribution in [0.3, 0.4) is 0 Å². The summed E-state index contributed by atoms with van der Waals surface area (Å²) in [6.07, 6.45) is 5.98. The zero-order valence-corrected chi connectivity index (χ0v) is 19.7.